The average molecular weight is 279 g/mol. The van der Waals surface area contributed by atoms with Gasteiger partial charge in [-0.2, -0.15) is 0 Å². The van der Waals surface area contributed by atoms with E-state index in [2.05, 4.69) is 5.32 Å². The minimum absolute atomic E-state index is 0.0679. The summed E-state index contributed by atoms with van der Waals surface area (Å²) in [5.74, 6) is -0.329. The third-order valence-electron chi connectivity index (χ3n) is 3.04. The molecule has 0 radical (unpaired) electrons. The van der Waals surface area contributed by atoms with Gasteiger partial charge in [0.15, 0.2) is 0 Å². The van der Waals surface area contributed by atoms with E-state index in [1.165, 1.54) is 0 Å². The van der Waals surface area contributed by atoms with Crippen molar-refractivity contribution in [1.29, 1.82) is 0 Å². The first-order valence-corrected chi connectivity index (χ1v) is 6.56. The summed E-state index contributed by atoms with van der Waals surface area (Å²) in [7, 11) is 1.57. The van der Waals surface area contributed by atoms with Crippen LogP contribution in [0.25, 0.3) is 0 Å². The number of benzene rings is 1. The van der Waals surface area contributed by atoms with Crippen molar-refractivity contribution in [2.45, 2.75) is 32.7 Å². The maximum Gasteiger partial charge on any atom is 0.305 e. The van der Waals surface area contributed by atoms with Crippen molar-refractivity contribution in [2.24, 2.45) is 5.92 Å². The quantitative estimate of drug-likeness (QED) is 0.798. The lowest BCUT2D eigenvalue weighted by Gasteiger charge is -2.20. The molecule has 0 saturated heterocycles. The van der Waals surface area contributed by atoms with E-state index in [0.717, 1.165) is 5.56 Å². The highest BCUT2D eigenvalue weighted by Gasteiger charge is 2.19. The molecule has 1 unspecified atom stereocenters. The van der Waals surface area contributed by atoms with Crippen molar-refractivity contribution >= 4 is 11.9 Å². The third-order valence-corrected chi connectivity index (χ3v) is 3.04. The van der Waals surface area contributed by atoms with E-state index in [-0.39, 0.29) is 30.7 Å². The summed E-state index contributed by atoms with van der Waals surface area (Å²) in [5.41, 5.74) is 0.833. The molecule has 0 heterocycles. The van der Waals surface area contributed by atoms with Gasteiger partial charge in [0, 0.05) is 6.04 Å². The number of aliphatic carboxylic acids is 1. The fourth-order valence-electron chi connectivity index (χ4n) is 1.87. The number of carbonyl (C=O) groups excluding carboxylic acids is 1. The van der Waals surface area contributed by atoms with Gasteiger partial charge in [0.05, 0.1) is 20.0 Å². The first-order valence-electron chi connectivity index (χ1n) is 6.56. The van der Waals surface area contributed by atoms with Crippen molar-refractivity contribution in [3.63, 3.8) is 0 Å². The van der Waals surface area contributed by atoms with Gasteiger partial charge in [0.2, 0.25) is 5.91 Å². The molecule has 0 saturated carbocycles. The second kappa shape index (κ2) is 7.53. The first kappa shape index (κ1) is 16.0. The molecule has 110 valence electrons. The number of carbonyl (C=O) groups is 2. The number of methoxy groups -OCH3 is 1. The van der Waals surface area contributed by atoms with Crippen LogP contribution >= 0.6 is 0 Å². The van der Waals surface area contributed by atoms with Crippen LogP contribution in [0.15, 0.2) is 24.3 Å². The number of carboxylic acid groups (broad SMARTS) is 1. The summed E-state index contributed by atoms with van der Waals surface area (Å²) >= 11 is 0. The SMILES string of the molecule is COc1cccc(CC(=O)NC(CC(=O)O)C(C)C)c1. The van der Waals surface area contributed by atoms with Gasteiger partial charge in [-0.1, -0.05) is 26.0 Å². The largest absolute Gasteiger partial charge is 0.497 e. The third kappa shape index (κ3) is 5.30. The Kier molecular flexibility index (Phi) is 6.03. The maximum atomic E-state index is 12.0. The van der Waals surface area contributed by atoms with E-state index in [1.54, 1.807) is 13.2 Å². The summed E-state index contributed by atoms with van der Waals surface area (Å²) in [4.78, 5) is 22.7. The highest BCUT2D eigenvalue weighted by atomic mass is 16.5. The number of amides is 1. The Morgan fingerprint density at radius 3 is 2.60 bits per heavy atom. The van der Waals surface area contributed by atoms with Crippen molar-refractivity contribution in [1.82, 2.24) is 5.32 Å². The van der Waals surface area contributed by atoms with E-state index in [4.69, 9.17) is 9.84 Å². The Morgan fingerprint density at radius 2 is 2.05 bits per heavy atom. The molecule has 1 atom stereocenters. The predicted octanol–water partition coefficient (Wildman–Crippen LogP) is 1.85. The molecule has 1 amide bonds. The number of hydrogen-bond acceptors (Lipinski definition) is 3. The number of nitrogens with one attached hydrogen (secondary N) is 1. The number of hydrogen-bond donors (Lipinski definition) is 2. The molecule has 5 nitrogen and oxygen atoms in total. The van der Waals surface area contributed by atoms with Crippen LogP contribution in [0.4, 0.5) is 0 Å². The summed E-state index contributed by atoms with van der Waals surface area (Å²) in [6.07, 6.45) is 0.140. The summed E-state index contributed by atoms with van der Waals surface area (Å²) in [6, 6.07) is 6.90. The van der Waals surface area contributed by atoms with Gasteiger partial charge in [0.25, 0.3) is 0 Å². The maximum absolute atomic E-state index is 12.0. The zero-order chi connectivity index (χ0) is 15.1. The van der Waals surface area contributed by atoms with E-state index >= 15 is 0 Å². The van der Waals surface area contributed by atoms with E-state index < -0.39 is 5.97 Å². The molecule has 1 aromatic carbocycles. The molecule has 2 N–H and O–H groups in total. The smallest absolute Gasteiger partial charge is 0.305 e. The topological polar surface area (TPSA) is 75.6 Å². The average Bonchev–Trinajstić information content (AvgIpc) is 2.37. The minimum atomic E-state index is -0.912. The number of rotatable bonds is 7. The Hall–Kier alpha value is -2.04. The lowest BCUT2D eigenvalue weighted by atomic mass is 10.0. The minimum Gasteiger partial charge on any atom is -0.497 e. The van der Waals surface area contributed by atoms with Crippen LogP contribution in [0.2, 0.25) is 0 Å². The van der Waals surface area contributed by atoms with Crippen molar-refractivity contribution < 1.29 is 19.4 Å². The van der Waals surface area contributed by atoms with Crippen LogP contribution in [-0.4, -0.2) is 30.1 Å². The molecule has 0 spiro atoms. The molecule has 0 bridgehead atoms. The highest BCUT2D eigenvalue weighted by molar-refractivity contribution is 5.79. The number of ether oxygens (including phenoxy) is 1. The van der Waals surface area contributed by atoms with Crippen molar-refractivity contribution in [3.05, 3.63) is 29.8 Å². The first-order chi connectivity index (χ1) is 9.42. The molecule has 0 fully saturated rings. The zero-order valence-electron chi connectivity index (χ0n) is 12.1. The summed E-state index contributed by atoms with van der Waals surface area (Å²) < 4.78 is 5.10. The molecule has 0 aromatic heterocycles. The fraction of sp³-hybridized carbons (Fsp3) is 0.467. The van der Waals surface area contributed by atoms with Gasteiger partial charge >= 0.3 is 5.97 Å². The molecule has 5 heteroatoms. The van der Waals surface area contributed by atoms with Crippen LogP contribution in [0.1, 0.15) is 25.8 Å². The van der Waals surface area contributed by atoms with Gasteiger partial charge < -0.3 is 15.2 Å². The van der Waals surface area contributed by atoms with E-state index in [0.29, 0.717) is 5.75 Å². The van der Waals surface area contributed by atoms with Gasteiger partial charge in [0.1, 0.15) is 5.75 Å². The van der Waals surface area contributed by atoms with Gasteiger partial charge in [-0.05, 0) is 23.6 Å². The van der Waals surface area contributed by atoms with Gasteiger partial charge in [-0.3, -0.25) is 9.59 Å². The van der Waals surface area contributed by atoms with Crippen molar-refractivity contribution in [3.8, 4) is 5.75 Å². The molecule has 20 heavy (non-hydrogen) atoms. The van der Waals surface area contributed by atoms with E-state index in [9.17, 15) is 9.59 Å². The van der Waals surface area contributed by atoms with Crippen LogP contribution in [0, 0.1) is 5.92 Å². The fourth-order valence-corrected chi connectivity index (χ4v) is 1.87. The van der Waals surface area contributed by atoms with Crippen molar-refractivity contribution in [2.75, 3.05) is 7.11 Å². The second-order valence-corrected chi connectivity index (χ2v) is 5.04. The summed E-state index contributed by atoms with van der Waals surface area (Å²) in [5, 5.41) is 11.6. The van der Waals surface area contributed by atoms with Crippen LogP contribution < -0.4 is 10.1 Å². The van der Waals surface area contributed by atoms with Gasteiger partial charge in [-0.15, -0.1) is 0 Å². The lowest BCUT2D eigenvalue weighted by Crippen LogP contribution is -2.40. The Balaban J connectivity index is 2.62. The molecule has 0 aliphatic rings. The zero-order valence-corrected chi connectivity index (χ0v) is 12.1. The van der Waals surface area contributed by atoms with Crippen LogP contribution in [-0.2, 0) is 16.0 Å². The van der Waals surface area contributed by atoms with Crippen LogP contribution in [0.5, 0.6) is 5.75 Å². The molecular formula is C15H21NO4. The Labute approximate surface area is 118 Å². The standard InChI is InChI=1S/C15H21NO4/c1-10(2)13(9-15(18)19)16-14(17)8-11-5-4-6-12(7-11)20-3/h4-7,10,13H,8-9H2,1-3H3,(H,16,17)(H,18,19). The van der Waals surface area contributed by atoms with Gasteiger partial charge in [-0.25, -0.2) is 0 Å². The number of carboxylic acids is 1. The molecule has 1 rings (SSSR count). The van der Waals surface area contributed by atoms with Crippen LogP contribution in [0.3, 0.4) is 0 Å². The predicted molar refractivity (Wildman–Crippen MR) is 75.7 cm³/mol. The molecule has 0 aliphatic carbocycles. The Morgan fingerprint density at radius 1 is 1.35 bits per heavy atom. The Bertz CT molecular complexity index is 471. The molecule has 0 aliphatic heterocycles. The molecule has 1 aromatic rings. The normalized spacial score (nSPS) is 12.0. The lowest BCUT2D eigenvalue weighted by molar-refractivity contribution is -0.138. The molecular weight excluding hydrogens is 258 g/mol. The van der Waals surface area contributed by atoms with E-state index in [1.807, 2.05) is 32.0 Å². The second-order valence-electron chi connectivity index (χ2n) is 5.04. The highest BCUT2D eigenvalue weighted by Crippen LogP contribution is 2.13. The monoisotopic (exact) mass is 279 g/mol. The summed E-state index contributed by atoms with van der Waals surface area (Å²) in [6.45, 7) is 3.78.